The van der Waals surface area contributed by atoms with E-state index in [1.54, 1.807) is 0 Å². The third kappa shape index (κ3) is 2.04. The van der Waals surface area contributed by atoms with E-state index in [9.17, 15) is 0 Å². The van der Waals surface area contributed by atoms with Gasteiger partial charge in [-0.15, -0.1) is 0 Å². The SMILES string of the molecule is c1ccc2c(c1)-c1ccc(-c3ccncc3)cc1C21c2ccccc2-c2c1oc1ccccc21. The number of benzene rings is 4. The summed E-state index contributed by atoms with van der Waals surface area (Å²) in [5.74, 6) is 1.04. The molecule has 0 bridgehead atoms. The summed E-state index contributed by atoms with van der Waals surface area (Å²) in [6.07, 6.45) is 3.71. The van der Waals surface area contributed by atoms with Crippen molar-refractivity contribution >= 4 is 11.0 Å². The van der Waals surface area contributed by atoms with Crippen LogP contribution in [0.1, 0.15) is 22.5 Å². The number of rotatable bonds is 1. The molecule has 4 aromatic carbocycles. The summed E-state index contributed by atoms with van der Waals surface area (Å²) in [5.41, 5.74) is 11.7. The molecule has 1 spiro atoms. The van der Waals surface area contributed by atoms with E-state index in [2.05, 4.69) is 108 Å². The van der Waals surface area contributed by atoms with Gasteiger partial charge in [0.2, 0.25) is 0 Å². The summed E-state index contributed by atoms with van der Waals surface area (Å²) in [4.78, 5) is 4.22. The first-order valence-electron chi connectivity index (χ1n) is 11.6. The Morgan fingerprint density at radius 1 is 0.559 bits per heavy atom. The van der Waals surface area contributed by atoms with E-state index in [1.807, 2.05) is 12.4 Å². The minimum Gasteiger partial charge on any atom is -0.459 e. The summed E-state index contributed by atoms with van der Waals surface area (Å²) in [5, 5.41) is 1.18. The van der Waals surface area contributed by atoms with Gasteiger partial charge in [0.15, 0.2) is 0 Å². The number of para-hydroxylation sites is 1. The standard InChI is InChI=1S/C32H19NO/c1-4-10-26-22(7-1)23-14-13-21(20-15-17-33-18-16-20)19-28(23)32(26)27-11-5-2-8-24(27)30-25-9-3-6-12-29(25)34-31(30)32/h1-19H. The molecule has 34 heavy (non-hydrogen) atoms. The van der Waals surface area contributed by atoms with Crippen LogP contribution in [-0.4, -0.2) is 4.98 Å². The number of furan rings is 1. The van der Waals surface area contributed by atoms with E-state index in [-0.39, 0.29) is 0 Å². The monoisotopic (exact) mass is 433 g/mol. The largest absolute Gasteiger partial charge is 0.459 e. The Bertz CT molecular complexity index is 1760. The summed E-state index contributed by atoms with van der Waals surface area (Å²) in [7, 11) is 0. The molecule has 2 aliphatic rings. The Kier molecular flexibility index (Phi) is 3.36. The maximum atomic E-state index is 6.78. The second-order valence-corrected chi connectivity index (χ2v) is 9.14. The molecule has 0 amide bonds. The number of fused-ring (bicyclic) bond motifs is 12. The quantitative estimate of drug-likeness (QED) is 0.264. The van der Waals surface area contributed by atoms with E-state index < -0.39 is 5.41 Å². The average molecular weight is 434 g/mol. The Labute approximate surface area is 197 Å². The summed E-state index contributed by atoms with van der Waals surface area (Å²) in [6, 6.07) is 37.1. The normalized spacial score (nSPS) is 16.9. The molecule has 0 N–H and O–H groups in total. The van der Waals surface area contributed by atoms with Gasteiger partial charge < -0.3 is 4.42 Å². The van der Waals surface area contributed by atoms with Crippen LogP contribution in [0.5, 0.6) is 0 Å². The van der Waals surface area contributed by atoms with Crippen LogP contribution in [0.4, 0.5) is 0 Å². The summed E-state index contributed by atoms with van der Waals surface area (Å²) < 4.78 is 6.78. The highest BCUT2D eigenvalue weighted by Crippen LogP contribution is 2.64. The second-order valence-electron chi connectivity index (χ2n) is 9.14. The molecule has 6 aromatic rings. The van der Waals surface area contributed by atoms with Gasteiger partial charge >= 0.3 is 0 Å². The van der Waals surface area contributed by atoms with Crippen molar-refractivity contribution in [3.63, 3.8) is 0 Å². The van der Waals surface area contributed by atoms with Crippen LogP contribution in [0.25, 0.3) is 44.3 Å². The van der Waals surface area contributed by atoms with Gasteiger partial charge in [-0.3, -0.25) is 4.98 Å². The zero-order valence-electron chi connectivity index (χ0n) is 18.3. The van der Waals surface area contributed by atoms with Crippen LogP contribution in [0, 0.1) is 0 Å². The van der Waals surface area contributed by atoms with Crippen molar-refractivity contribution in [2.45, 2.75) is 5.41 Å². The molecule has 2 aliphatic carbocycles. The van der Waals surface area contributed by atoms with E-state index in [0.29, 0.717) is 0 Å². The molecule has 0 fully saturated rings. The third-order valence-electron chi connectivity index (χ3n) is 7.59. The molecule has 1 unspecified atom stereocenters. The molecule has 0 radical (unpaired) electrons. The Balaban J connectivity index is 1.56. The van der Waals surface area contributed by atoms with Gasteiger partial charge in [0, 0.05) is 23.3 Å². The van der Waals surface area contributed by atoms with Crippen molar-refractivity contribution in [2.24, 2.45) is 0 Å². The Morgan fingerprint density at radius 3 is 2.09 bits per heavy atom. The maximum Gasteiger partial charge on any atom is 0.135 e. The lowest BCUT2D eigenvalue weighted by Gasteiger charge is -2.28. The Morgan fingerprint density at radius 2 is 1.24 bits per heavy atom. The molecule has 2 heterocycles. The van der Waals surface area contributed by atoms with Gasteiger partial charge in [0.1, 0.15) is 16.8 Å². The van der Waals surface area contributed by atoms with E-state index in [0.717, 1.165) is 11.3 Å². The molecular weight excluding hydrogens is 414 g/mol. The average Bonchev–Trinajstić information content (AvgIpc) is 3.52. The predicted molar refractivity (Wildman–Crippen MR) is 136 cm³/mol. The highest BCUT2D eigenvalue weighted by Gasteiger charge is 2.54. The fraction of sp³-hybridized carbons (Fsp3) is 0.0312. The van der Waals surface area contributed by atoms with Gasteiger partial charge in [0.25, 0.3) is 0 Å². The van der Waals surface area contributed by atoms with Crippen molar-refractivity contribution in [3.8, 4) is 33.4 Å². The molecular formula is C32H19NO. The van der Waals surface area contributed by atoms with Crippen molar-refractivity contribution in [2.75, 3.05) is 0 Å². The van der Waals surface area contributed by atoms with Gasteiger partial charge in [-0.25, -0.2) is 0 Å². The minimum absolute atomic E-state index is 0.472. The van der Waals surface area contributed by atoms with Crippen molar-refractivity contribution in [1.29, 1.82) is 0 Å². The molecule has 0 saturated carbocycles. The lowest BCUT2D eigenvalue weighted by Crippen LogP contribution is -2.25. The fourth-order valence-electron chi connectivity index (χ4n) is 6.27. The van der Waals surface area contributed by atoms with Gasteiger partial charge in [-0.2, -0.15) is 0 Å². The van der Waals surface area contributed by atoms with Crippen molar-refractivity contribution in [1.82, 2.24) is 4.98 Å². The molecule has 2 aromatic heterocycles. The van der Waals surface area contributed by atoms with Crippen LogP contribution in [0.15, 0.2) is 120 Å². The lowest BCUT2D eigenvalue weighted by atomic mass is 9.73. The third-order valence-corrected chi connectivity index (χ3v) is 7.59. The molecule has 1 atom stereocenters. The van der Waals surface area contributed by atoms with E-state index in [4.69, 9.17) is 4.42 Å². The fourth-order valence-corrected chi connectivity index (χ4v) is 6.27. The topological polar surface area (TPSA) is 26.0 Å². The van der Waals surface area contributed by atoms with Gasteiger partial charge in [-0.05, 0) is 68.8 Å². The number of aromatic nitrogens is 1. The van der Waals surface area contributed by atoms with Crippen LogP contribution in [0.2, 0.25) is 0 Å². The molecule has 8 rings (SSSR count). The number of pyridine rings is 1. The minimum atomic E-state index is -0.472. The van der Waals surface area contributed by atoms with Crippen molar-refractivity contribution < 1.29 is 4.42 Å². The Hall–Kier alpha value is -4.43. The van der Waals surface area contributed by atoms with E-state index in [1.165, 1.54) is 55.5 Å². The smallest absolute Gasteiger partial charge is 0.135 e. The van der Waals surface area contributed by atoms with Crippen LogP contribution < -0.4 is 0 Å². The second kappa shape index (κ2) is 6.33. The van der Waals surface area contributed by atoms with Crippen LogP contribution >= 0.6 is 0 Å². The van der Waals surface area contributed by atoms with Gasteiger partial charge in [-0.1, -0.05) is 78.9 Å². The molecule has 0 aliphatic heterocycles. The number of nitrogens with zero attached hydrogens (tertiary/aromatic N) is 1. The summed E-state index contributed by atoms with van der Waals surface area (Å²) >= 11 is 0. The van der Waals surface area contributed by atoms with Crippen LogP contribution in [0.3, 0.4) is 0 Å². The first kappa shape index (κ1) is 18.0. The zero-order valence-corrected chi connectivity index (χ0v) is 18.3. The molecule has 0 saturated heterocycles. The van der Waals surface area contributed by atoms with E-state index >= 15 is 0 Å². The number of hydrogen-bond acceptors (Lipinski definition) is 2. The first-order valence-corrected chi connectivity index (χ1v) is 11.6. The predicted octanol–water partition coefficient (Wildman–Crippen LogP) is 7.84. The van der Waals surface area contributed by atoms with Crippen LogP contribution in [-0.2, 0) is 5.41 Å². The molecule has 2 nitrogen and oxygen atoms in total. The van der Waals surface area contributed by atoms with Gasteiger partial charge in [0.05, 0.1) is 0 Å². The maximum absolute atomic E-state index is 6.78. The summed E-state index contributed by atoms with van der Waals surface area (Å²) in [6.45, 7) is 0. The number of hydrogen-bond donors (Lipinski definition) is 0. The first-order chi connectivity index (χ1) is 16.9. The molecule has 2 heteroatoms. The highest BCUT2D eigenvalue weighted by atomic mass is 16.3. The van der Waals surface area contributed by atoms with Crippen molar-refractivity contribution in [3.05, 3.63) is 138 Å². The zero-order chi connectivity index (χ0) is 22.3. The lowest BCUT2D eigenvalue weighted by molar-refractivity contribution is 0.507. The molecule has 158 valence electrons. The highest BCUT2D eigenvalue weighted by molar-refractivity contribution is 6.04.